The molecule has 104 valence electrons. The minimum atomic E-state index is -1.12. The normalized spacial score (nSPS) is 11.0. The number of amides is 1. The predicted octanol–water partition coefficient (Wildman–Crippen LogP) is 1.22. The van der Waals surface area contributed by atoms with Gasteiger partial charge in [-0.1, -0.05) is 0 Å². The lowest BCUT2D eigenvalue weighted by Crippen LogP contribution is -2.38. The Bertz CT molecular complexity index is 489. The quantitative estimate of drug-likeness (QED) is 0.812. The van der Waals surface area contributed by atoms with Gasteiger partial charge in [-0.3, -0.25) is 9.69 Å². The summed E-state index contributed by atoms with van der Waals surface area (Å²) in [7, 11) is 0. The van der Waals surface area contributed by atoms with Crippen LogP contribution in [0.2, 0.25) is 0 Å². The summed E-state index contributed by atoms with van der Waals surface area (Å²) in [5.74, 6) is -2.13. The van der Waals surface area contributed by atoms with E-state index in [0.29, 0.717) is 0 Å². The topological polar surface area (TPSA) is 83.6 Å². The van der Waals surface area contributed by atoms with Crippen molar-refractivity contribution >= 4 is 11.9 Å². The lowest BCUT2D eigenvalue weighted by Gasteiger charge is -2.25. The number of aromatic carboxylic acids is 1. The van der Waals surface area contributed by atoms with Crippen molar-refractivity contribution in [1.29, 1.82) is 0 Å². The number of primary amides is 1. The number of hydrogen-bond donors (Lipinski definition) is 2. The largest absolute Gasteiger partial charge is 0.478 e. The molecule has 1 aromatic carbocycles. The molecule has 0 saturated carbocycles. The zero-order valence-corrected chi connectivity index (χ0v) is 10.9. The summed E-state index contributed by atoms with van der Waals surface area (Å²) in [6.07, 6.45) is 0. The zero-order valence-electron chi connectivity index (χ0n) is 10.9. The first-order valence-electron chi connectivity index (χ1n) is 5.85. The number of carbonyl (C=O) groups is 2. The van der Waals surface area contributed by atoms with Gasteiger partial charge >= 0.3 is 5.97 Å². The van der Waals surface area contributed by atoms with Gasteiger partial charge in [0.2, 0.25) is 5.91 Å². The molecule has 1 rings (SSSR count). The molecule has 0 fully saturated rings. The molecule has 0 atom stereocenters. The Morgan fingerprint density at radius 3 is 2.53 bits per heavy atom. The van der Waals surface area contributed by atoms with Crippen LogP contribution < -0.4 is 5.73 Å². The molecule has 0 aromatic heterocycles. The van der Waals surface area contributed by atoms with E-state index in [0.717, 1.165) is 6.07 Å². The highest BCUT2D eigenvalue weighted by Crippen LogP contribution is 2.14. The maximum Gasteiger partial charge on any atom is 0.335 e. The summed E-state index contributed by atoms with van der Waals surface area (Å²) in [5.41, 5.74) is 5.38. The molecule has 0 spiro atoms. The van der Waals surface area contributed by atoms with Crippen LogP contribution in [0.1, 0.15) is 29.8 Å². The molecule has 3 N–H and O–H groups in total. The summed E-state index contributed by atoms with van der Waals surface area (Å²) < 4.78 is 13.7. The lowest BCUT2D eigenvalue weighted by atomic mass is 10.1. The SMILES string of the molecule is CC(C)N(CC(N)=O)Cc1cc(C(=O)O)ccc1F. The Labute approximate surface area is 110 Å². The van der Waals surface area contributed by atoms with Crippen LogP contribution in [0.4, 0.5) is 4.39 Å². The molecule has 0 aliphatic carbocycles. The van der Waals surface area contributed by atoms with Gasteiger partial charge in [0, 0.05) is 18.2 Å². The number of nitrogens with zero attached hydrogens (tertiary/aromatic N) is 1. The van der Waals surface area contributed by atoms with Crippen molar-refractivity contribution < 1.29 is 19.1 Å². The molecular formula is C13H17FN2O3. The number of benzene rings is 1. The average molecular weight is 268 g/mol. The minimum absolute atomic E-state index is 0.00555. The third-order valence-corrected chi connectivity index (χ3v) is 2.76. The van der Waals surface area contributed by atoms with E-state index in [1.807, 2.05) is 13.8 Å². The number of carboxylic acid groups (broad SMARTS) is 1. The lowest BCUT2D eigenvalue weighted by molar-refractivity contribution is -0.119. The second kappa shape index (κ2) is 6.29. The average Bonchev–Trinajstić information content (AvgIpc) is 2.29. The van der Waals surface area contributed by atoms with Crippen LogP contribution in [0.5, 0.6) is 0 Å². The molecule has 1 amide bonds. The first-order valence-corrected chi connectivity index (χ1v) is 5.85. The summed E-state index contributed by atoms with van der Waals surface area (Å²) in [5, 5.41) is 8.88. The van der Waals surface area contributed by atoms with Crippen molar-refractivity contribution in [2.45, 2.75) is 26.4 Å². The van der Waals surface area contributed by atoms with Crippen molar-refractivity contribution in [2.75, 3.05) is 6.54 Å². The van der Waals surface area contributed by atoms with E-state index in [1.54, 1.807) is 4.90 Å². The van der Waals surface area contributed by atoms with Crippen LogP contribution in [0.15, 0.2) is 18.2 Å². The van der Waals surface area contributed by atoms with E-state index >= 15 is 0 Å². The fourth-order valence-electron chi connectivity index (χ4n) is 1.67. The van der Waals surface area contributed by atoms with Crippen molar-refractivity contribution in [3.63, 3.8) is 0 Å². The Kier molecular flexibility index (Phi) is 5.00. The fraction of sp³-hybridized carbons (Fsp3) is 0.385. The molecule has 19 heavy (non-hydrogen) atoms. The molecule has 0 bridgehead atoms. The number of carboxylic acids is 1. The second-order valence-electron chi connectivity index (χ2n) is 4.58. The maximum atomic E-state index is 13.7. The van der Waals surface area contributed by atoms with Gasteiger partial charge < -0.3 is 10.8 Å². The Morgan fingerprint density at radius 1 is 1.42 bits per heavy atom. The highest BCUT2D eigenvalue weighted by molar-refractivity contribution is 5.87. The molecule has 0 saturated heterocycles. The van der Waals surface area contributed by atoms with Crippen LogP contribution in [0.25, 0.3) is 0 Å². The number of nitrogens with two attached hydrogens (primary N) is 1. The van der Waals surface area contributed by atoms with Crippen molar-refractivity contribution in [3.05, 3.63) is 35.1 Å². The first-order chi connectivity index (χ1) is 8.81. The molecule has 6 heteroatoms. The van der Waals surface area contributed by atoms with Gasteiger partial charge in [-0.2, -0.15) is 0 Å². The zero-order chi connectivity index (χ0) is 14.6. The number of halogens is 1. The molecule has 0 aliphatic rings. The van der Waals surface area contributed by atoms with Gasteiger partial charge in [-0.05, 0) is 32.0 Å². The Balaban J connectivity index is 2.98. The molecule has 0 aliphatic heterocycles. The molecule has 0 unspecified atom stereocenters. The van der Waals surface area contributed by atoms with Gasteiger partial charge in [-0.15, -0.1) is 0 Å². The van der Waals surface area contributed by atoms with E-state index in [1.165, 1.54) is 12.1 Å². The van der Waals surface area contributed by atoms with Gasteiger partial charge in [0.15, 0.2) is 0 Å². The number of carbonyl (C=O) groups excluding carboxylic acids is 1. The highest BCUT2D eigenvalue weighted by atomic mass is 19.1. The molecule has 1 aromatic rings. The van der Waals surface area contributed by atoms with Crippen LogP contribution >= 0.6 is 0 Å². The molecule has 0 heterocycles. The molecule has 0 radical (unpaired) electrons. The standard InChI is InChI=1S/C13H17FN2O3/c1-8(2)16(7-12(15)17)6-10-5-9(13(18)19)3-4-11(10)14/h3-5,8H,6-7H2,1-2H3,(H2,15,17)(H,18,19). The van der Waals surface area contributed by atoms with Crippen molar-refractivity contribution in [2.24, 2.45) is 5.73 Å². The number of hydrogen-bond acceptors (Lipinski definition) is 3. The summed E-state index contributed by atoms with van der Waals surface area (Å²) in [6.45, 7) is 3.83. The third-order valence-electron chi connectivity index (χ3n) is 2.76. The van der Waals surface area contributed by atoms with E-state index < -0.39 is 17.7 Å². The summed E-state index contributed by atoms with van der Waals surface area (Å²) in [6, 6.07) is 3.57. The fourth-order valence-corrected chi connectivity index (χ4v) is 1.67. The van der Waals surface area contributed by atoms with Gasteiger partial charge in [0.1, 0.15) is 5.82 Å². The highest BCUT2D eigenvalue weighted by Gasteiger charge is 2.16. The van der Waals surface area contributed by atoms with Crippen LogP contribution in [-0.2, 0) is 11.3 Å². The van der Waals surface area contributed by atoms with E-state index in [2.05, 4.69) is 0 Å². The van der Waals surface area contributed by atoms with Crippen LogP contribution in [-0.4, -0.2) is 34.5 Å². The third kappa shape index (κ3) is 4.33. The van der Waals surface area contributed by atoms with Crippen LogP contribution in [0, 0.1) is 5.82 Å². The van der Waals surface area contributed by atoms with E-state index in [4.69, 9.17) is 10.8 Å². The van der Waals surface area contributed by atoms with Gasteiger partial charge in [0.25, 0.3) is 0 Å². The van der Waals surface area contributed by atoms with Crippen molar-refractivity contribution in [1.82, 2.24) is 4.90 Å². The monoisotopic (exact) mass is 268 g/mol. The smallest absolute Gasteiger partial charge is 0.335 e. The molecule has 5 nitrogen and oxygen atoms in total. The maximum absolute atomic E-state index is 13.7. The van der Waals surface area contributed by atoms with E-state index in [-0.39, 0.29) is 30.3 Å². The Morgan fingerprint density at radius 2 is 2.05 bits per heavy atom. The summed E-state index contributed by atoms with van der Waals surface area (Å²) in [4.78, 5) is 23.5. The van der Waals surface area contributed by atoms with E-state index in [9.17, 15) is 14.0 Å². The van der Waals surface area contributed by atoms with Gasteiger partial charge in [0.05, 0.1) is 12.1 Å². The predicted molar refractivity (Wildman–Crippen MR) is 68.1 cm³/mol. The second-order valence-corrected chi connectivity index (χ2v) is 4.58. The number of rotatable bonds is 6. The first kappa shape index (κ1) is 15.1. The molecular weight excluding hydrogens is 251 g/mol. The van der Waals surface area contributed by atoms with Gasteiger partial charge in [-0.25, -0.2) is 9.18 Å². The van der Waals surface area contributed by atoms with Crippen molar-refractivity contribution in [3.8, 4) is 0 Å². The van der Waals surface area contributed by atoms with Crippen LogP contribution in [0.3, 0.4) is 0 Å². The Hall–Kier alpha value is -1.95. The summed E-state index contributed by atoms with van der Waals surface area (Å²) >= 11 is 0. The minimum Gasteiger partial charge on any atom is -0.478 e.